The Labute approximate surface area is 130 Å². The molecule has 0 nitrogen and oxygen atoms in total. The van der Waals surface area contributed by atoms with Crippen LogP contribution < -0.4 is 0 Å². The summed E-state index contributed by atoms with van der Waals surface area (Å²) >= 11 is 0. The predicted octanol–water partition coefficient (Wildman–Crippen LogP) is 6.69. The van der Waals surface area contributed by atoms with Gasteiger partial charge in [0.1, 0.15) is 0 Å². The number of halogens is 2. The van der Waals surface area contributed by atoms with Gasteiger partial charge in [-0.05, 0) is 60.7 Å². The Kier molecular flexibility index (Phi) is 4.77. The van der Waals surface area contributed by atoms with Crippen LogP contribution in [0, 0.1) is 28.6 Å². The average Bonchev–Trinajstić information content (AvgIpc) is 2.94. The molecule has 0 aromatic heterocycles. The van der Waals surface area contributed by atoms with Crippen LogP contribution in [-0.4, -0.2) is 5.92 Å². The van der Waals surface area contributed by atoms with E-state index in [9.17, 15) is 8.78 Å². The molecule has 3 unspecified atom stereocenters. The van der Waals surface area contributed by atoms with E-state index >= 15 is 0 Å². The van der Waals surface area contributed by atoms with Gasteiger partial charge in [-0.1, -0.05) is 41.0 Å². The van der Waals surface area contributed by atoms with Crippen LogP contribution >= 0.6 is 0 Å². The minimum Gasteiger partial charge on any atom is -0.207 e. The van der Waals surface area contributed by atoms with Crippen LogP contribution in [0.5, 0.6) is 0 Å². The maximum absolute atomic E-state index is 13.5. The van der Waals surface area contributed by atoms with E-state index in [1.165, 1.54) is 25.7 Å². The molecule has 0 aromatic carbocycles. The van der Waals surface area contributed by atoms with Crippen molar-refractivity contribution in [3.8, 4) is 0 Å². The highest BCUT2D eigenvalue weighted by Gasteiger charge is 2.46. The first kappa shape index (κ1) is 17.2. The molecule has 0 aromatic rings. The summed E-state index contributed by atoms with van der Waals surface area (Å²) in [6, 6.07) is 0. The molecule has 124 valence electrons. The molecular weight excluding hydrogens is 266 g/mol. The Morgan fingerprint density at radius 1 is 0.905 bits per heavy atom. The summed E-state index contributed by atoms with van der Waals surface area (Å²) in [6.07, 6.45) is 7.27. The minimum absolute atomic E-state index is 0.0570. The van der Waals surface area contributed by atoms with Gasteiger partial charge >= 0.3 is 0 Å². The zero-order valence-corrected chi connectivity index (χ0v) is 14.6. The van der Waals surface area contributed by atoms with Gasteiger partial charge in [-0.15, -0.1) is 0 Å². The van der Waals surface area contributed by atoms with Crippen LogP contribution in [0.15, 0.2) is 0 Å². The topological polar surface area (TPSA) is 0 Å². The molecule has 2 fully saturated rings. The van der Waals surface area contributed by atoms with Gasteiger partial charge in [0.05, 0.1) is 0 Å². The Hall–Kier alpha value is -0.140. The van der Waals surface area contributed by atoms with Crippen molar-refractivity contribution in [3.63, 3.8) is 0 Å². The van der Waals surface area contributed by atoms with Gasteiger partial charge in [-0.3, -0.25) is 0 Å². The third kappa shape index (κ3) is 4.20. The van der Waals surface area contributed by atoms with Crippen molar-refractivity contribution in [1.82, 2.24) is 0 Å². The largest absolute Gasteiger partial charge is 0.248 e. The zero-order chi connectivity index (χ0) is 15.9. The summed E-state index contributed by atoms with van der Waals surface area (Å²) in [5.41, 5.74) is 0.421. The molecule has 2 saturated carbocycles. The van der Waals surface area contributed by atoms with E-state index in [-0.39, 0.29) is 24.2 Å². The number of alkyl halides is 2. The van der Waals surface area contributed by atoms with Crippen LogP contribution in [0.25, 0.3) is 0 Å². The van der Waals surface area contributed by atoms with Crippen LogP contribution in [0.4, 0.5) is 8.78 Å². The van der Waals surface area contributed by atoms with Gasteiger partial charge < -0.3 is 0 Å². The Morgan fingerprint density at radius 2 is 1.48 bits per heavy atom. The maximum atomic E-state index is 13.5. The van der Waals surface area contributed by atoms with E-state index in [2.05, 4.69) is 34.6 Å². The third-order valence-electron chi connectivity index (χ3n) is 6.72. The van der Waals surface area contributed by atoms with Gasteiger partial charge in [-0.25, -0.2) is 8.78 Å². The lowest BCUT2D eigenvalue weighted by Gasteiger charge is -2.38. The summed E-state index contributed by atoms with van der Waals surface area (Å²) in [5, 5.41) is 0. The van der Waals surface area contributed by atoms with Crippen LogP contribution in [0.1, 0.15) is 86.0 Å². The fourth-order valence-electron chi connectivity index (χ4n) is 4.59. The van der Waals surface area contributed by atoms with Crippen LogP contribution in [0.2, 0.25) is 0 Å². The molecule has 0 N–H and O–H groups in total. The first-order valence-corrected chi connectivity index (χ1v) is 8.90. The third-order valence-corrected chi connectivity index (χ3v) is 6.72. The van der Waals surface area contributed by atoms with Gasteiger partial charge in [0.25, 0.3) is 0 Å². The highest BCUT2D eigenvalue weighted by atomic mass is 19.3. The standard InChI is InChI=1S/C19H34F2/c1-14-6-7-15(12-14)17(2,3)10-11-18(4,5)16-8-9-19(20,21)13-16/h14-16H,6-13H2,1-5H3. The number of hydrogen-bond donors (Lipinski definition) is 0. The van der Waals surface area contributed by atoms with E-state index in [1.54, 1.807) is 0 Å². The minimum atomic E-state index is -2.40. The molecule has 2 rings (SSSR count). The molecule has 2 heteroatoms. The van der Waals surface area contributed by atoms with Crippen molar-refractivity contribution < 1.29 is 8.78 Å². The summed E-state index contributed by atoms with van der Waals surface area (Å²) in [4.78, 5) is 0. The molecule has 2 aliphatic rings. The van der Waals surface area contributed by atoms with Gasteiger partial charge in [-0.2, -0.15) is 0 Å². The zero-order valence-electron chi connectivity index (χ0n) is 14.6. The lowest BCUT2D eigenvalue weighted by molar-refractivity contribution is -0.00385. The summed E-state index contributed by atoms with van der Waals surface area (Å²) in [6.45, 7) is 11.6. The maximum Gasteiger partial charge on any atom is 0.248 e. The second kappa shape index (κ2) is 5.81. The lowest BCUT2D eigenvalue weighted by atomic mass is 9.67. The molecule has 0 amide bonds. The smallest absolute Gasteiger partial charge is 0.207 e. The van der Waals surface area contributed by atoms with E-state index in [4.69, 9.17) is 0 Å². The van der Waals surface area contributed by atoms with Crippen LogP contribution in [-0.2, 0) is 0 Å². The molecule has 0 spiro atoms. The van der Waals surface area contributed by atoms with Gasteiger partial charge in [0.15, 0.2) is 0 Å². The van der Waals surface area contributed by atoms with Gasteiger partial charge in [0.2, 0.25) is 5.92 Å². The van der Waals surface area contributed by atoms with Crippen molar-refractivity contribution in [2.24, 2.45) is 28.6 Å². The lowest BCUT2D eigenvalue weighted by Crippen LogP contribution is -2.29. The molecule has 21 heavy (non-hydrogen) atoms. The fraction of sp³-hybridized carbons (Fsp3) is 1.00. The first-order chi connectivity index (χ1) is 9.52. The SMILES string of the molecule is CC1CCC(C(C)(C)CCC(C)(C)C2CCC(F)(F)C2)C1. The average molecular weight is 300 g/mol. The highest BCUT2D eigenvalue weighted by Crippen LogP contribution is 2.51. The normalized spacial score (nSPS) is 33.6. The molecule has 0 aliphatic heterocycles. The Bertz CT molecular complexity index is 357. The number of rotatable bonds is 5. The van der Waals surface area contributed by atoms with Crippen LogP contribution in [0.3, 0.4) is 0 Å². The van der Waals surface area contributed by atoms with E-state index < -0.39 is 5.92 Å². The summed E-state index contributed by atoms with van der Waals surface area (Å²) in [7, 11) is 0. The van der Waals surface area contributed by atoms with Crippen molar-refractivity contribution in [3.05, 3.63) is 0 Å². The monoisotopic (exact) mass is 300 g/mol. The first-order valence-electron chi connectivity index (χ1n) is 8.90. The molecule has 0 heterocycles. The quantitative estimate of drug-likeness (QED) is 0.530. The van der Waals surface area contributed by atoms with Crippen molar-refractivity contribution in [2.75, 3.05) is 0 Å². The Morgan fingerprint density at radius 3 is 1.90 bits per heavy atom. The predicted molar refractivity (Wildman–Crippen MR) is 85.6 cm³/mol. The second-order valence-corrected chi connectivity index (χ2v) is 9.39. The molecule has 0 saturated heterocycles. The molecule has 2 aliphatic carbocycles. The van der Waals surface area contributed by atoms with Crippen molar-refractivity contribution >= 4 is 0 Å². The van der Waals surface area contributed by atoms with E-state index in [1.807, 2.05) is 0 Å². The summed E-state index contributed by atoms with van der Waals surface area (Å²) in [5.74, 6) is -0.506. The van der Waals surface area contributed by atoms with E-state index in [0.717, 1.165) is 18.3 Å². The molecule has 3 atom stereocenters. The highest BCUT2D eigenvalue weighted by molar-refractivity contribution is 4.92. The number of hydrogen-bond acceptors (Lipinski definition) is 0. The summed E-state index contributed by atoms with van der Waals surface area (Å²) < 4.78 is 27.0. The van der Waals surface area contributed by atoms with Crippen molar-refractivity contribution in [1.29, 1.82) is 0 Å². The van der Waals surface area contributed by atoms with Crippen molar-refractivity contribution in [2.45, 2.75) is 91.9 Å². The molecular formula is C19H34F2. The fourth-order valence-corrected chi connectivity index (χ4v) is 4.59. The molecule has 0 radical (unpaired) electrons. The second-order valence-electron chi connectivity index (χ2n) is 9.39. The van der Waals surface area contributed by atoms with Gasteiger partial charge in [0, 0.05) is 12.8 Å². The molecule has 0 bridgehead atoms. The Balaban J connectivity index is 1.89. The van der Waals surface area contributed by atoms with E-state index in [0.29, 0.717) is 11.8 Å².